The maximum absolute atomic E-state index is 13.4. The van der Waals surface area contributed by atoms with Gasteiger partial charge in [0.15, 0.2) is 5.69 Å². The van der Waals surface area contributed by atoms with Crippen molar-refractivity contribution in [1.82, 2.24) is 19.0 Å². The molecular formula is C35H31N5O9S. The van der Waals surface area contributed by atoms with Crippen LogP contribution in [0.15, 0.2) is 122 Å². The summed E-state index contributed by atoms with van der Waals surface area (Å²) in [4.78, 5) is 54.5. The van der Waals surface area contributed by atoms with Crippen LogP contribution in [0.5, 0.6) is 0 Å². The lowest BCUT2D eigenvalue weighted by molar-refractivity contribution is -0.115. The zero-order valence-electron chi connectivity index (χ0n) is 26.4. The van der Waals surface area contributed by atoms with E-state index in [1.807, 2.05) is 22.9 Å². The van der Waals surface area contributed by atoms with Crippen LogP contribution in [0.3, 0.4) is 0 Å². The Labute approximate surface area is 287 Å². The molecule has 0 spiro atoms. The van der Waals surface area contributed by atoms with Gasteiger partial charge < -0.3 is 24.8 Å². The number of rotatable bonds is 13. The molecule has 0 saturated heterocycles. The van der Waals surface area contributed by atoms with Crippen molar-refractivity contribution in [3.8, 4) is 11.1 Å². The number of hydrogen-bond donors (Lipinski definition) is 3. The SMILES string of the molecule is O=C(CNC(=O)OCc1ccccc1)Nc1ccc(-c2ccn(S(=O)(=O)NC(=O)OCc3ccccc3)c2C(=O)OCc2ccccc2)cn1. The molecule has 3 N–H and O–H groups in total. The number of nitrogens with zero attached hydrogens (tertiary/aromatic N) is 2. The Balaban J connectivity index is 1.27. The second kappa shape index (κ2) is 16.6. The molecule has 256 valence electrons. The highest BCUT2D eigenvalue weighted by atomic mass is 32.2. The van der Waals surface area contributed by atoms with Crippen LogP contribution in [0.1, 0.15) is 27.2 Å². The summed E-state index contributed by atoms with van der Waals surface area (Å²) in [6.45, 7) is -0.700. The highest BCUT2D eigenvalue weighted by Gasteiger charge is 2.28. The monoisotopic (exact) mass is 697 g/mol. The number of benzene rings is 3. The van der Waals surface area contributed by atoms with E-state index in [1.165, 1.54) is 24.4 Å². The zero-order chi connectivity index (χ0) is 35.3. The molecule has 15 heteroatoms. The molecule has 0 aliphatic rings. The number of ether oxygens (including phenoxy) is 3. The molecule has 0 aliphatic carbocycles. The van der Waals surface area contributed by atoms with Gasteiger partial charge >= 0.3 is 28.4 Å². The lowest BCUT2D eigenvalue weighted by atomic mass is 10.1. The molecule has 50 heavy (non-hydrogen) atoms. The van der Waals surface area contributed by atoms with Crippen molar-refractivity contribution in [1.29, 1.82) is 0 Å². The van der Waals surface area contributed by atoms with E-state index in [-0.39, 0.29) is 36.8 Å². The van der Waals surface area contributed by atoms with Crippen LogP contribution in [0.4, 0.5) is 15.4 Å². The van der Waals surface area contributed by atoms with Gasteiger partial charge in [-0.3, -0.25) is 4.79 Å². The number of carbonyl (C=O) groups excluding carboxylic acids is 4. The molecule has 2 aromatic heterocycles. The molecule has 2 heterocycles. The Morgan fingerprint density at radius 3 is 1.74 bits per heavy atom. The minimum atomic E-state index is -4.70. The van der Waals surface area contributed by atoms with Crippen molar-refractivity contribution >= 4 is 40.1 Å². The fraction of sp³-hybridized carbons (Fsp3) is 0.114. The first kappa shape index (κ1) is 34.8. The predicted octanol–water partition coefficient (Wildman–Crippen LogP) is 4.79. The third kappa shape index (κ3) is 9.77. The van der Waals surface area contributed by atoms with Crippen LogP contribution in [0, 0.1) is 0 Å². The van der Waals surface area contributed by atoms with Crippen molar-refractivity contribution in [3.63, 3.8) is 0 Å². The molecule has 0 unspecified atom stereocenters. The van der Waals surface area contributed by atoms with Gasteiger partial charge in [0.05, 0.1) is 0 Å². The van der Waals surface area contributed by atoms with Crippen molar-refractivity contribution in [2.75, 3.05) is 11.9 Å². The number of amides is 3. The summed E-state index contributed by atoms with van der Waals surface area (Å²) in [7, 11) is -4.70. The molecule has 0 aliphatic heterocycles. The zero-order valence-corrected chi connectivity index (χ0v) is 27.2. The summed E-state index contributed by atoms with van der Waals surface area (Å²) in [5.74, 6) is -1.48. The van der Waals surface area contributed by atoms with Crippen LogP contribution < -0.4 is 15.4 Å². The van der Waals surface area contributed by atoms with Gasteiger partial charge in [0.2, 0.25) is 5.91 Å². The highest BCUT2D eigenvalue weighted by molar-refractivity contribution is 7.88. The van der Waals surface area contributed by atoms with Gasteiger partial charge in [-0.05, 0) is 34.9 Å². The molecule has 0 bridgehead atoms. The molecule has 0 saturated carbocycles. The first-order chi connectivity index (χ1) is 24.2. The Bertz CT molecular complexity index is 2040. The Kier molecular flexibility index (Phi) is 11.5. The van der Waals surface area contributed by atoms with E-state index in [0.717, 1.165) is 11.8 Å². The second-order valence-electron chi connectivity index (χ2n) is 10.5. The van der Waals surface area contributed by atoms with E-state index in [4.69, 9.17) is 14.2 Å². The molecule has 5 aromatic rings. The summed E-state index contributed by atoms with van der Waals surface area (Å²) in [5.41, 5.74) is 2.07. The quantitative estimate of drug-likeness (QED) is 0.114. The van der Waals surface area contributed by atoms with Crippen LogP contribution >= 0.6 is 0 Å². The minimum absolute atomic E-state index is 0.0382. The number of esters is 1. The summed E-state index contributed by atoms with van der Waals surface area (Å²) in [6.07, 6.45) is 0.351. The summed E-state index contributed by atoms with van der Waals surface area (Å²) < 4.78 is 44.7. The van der Waals surface area contributed by atoms with Gasteiger partial charge in [-0.15, -0.1) is 0 Å². The summed E-state index contributed by atoms with van der Waals surface area (Å²) in [5, 5.41) is 4.88. The number of anilines is 1. The normalized spacial score (nSPS) is 10.8. The Hall–Kier alpha value is -6.48. The first-order valence-electron chi connectivity index (χ1n) is 15.0. The van der Waals surface area contributed by atoms with Crippen LogP contribution in [0.2, 0.25) is 0 Å². The molecule has 0 radical (unpaired) electrons. The Morgan fingerprint density at radius 1 is 0.660 bits per heavy atom. The molecule has 0 atom stereocenters. The van der Waals surface area contributed by atoms with Crippen molar-refractivity contribution in [2.45, 2.75) is 19.8 Å². The van der Waals surface area contributed by atoms with E-state index in [0.29, 0.717) is 15.1 Å². The molecule has 3 aromatic carbocycles. The van der Waals surface area contributed by atoms with Crippen molar-refractivity contribution in [3.05, 3.63) is 144 Å². The van der Waals surface area contributed by atoms with Gasteiger partial charge in [-0.25, -0.2) is 28.1 Å². The highest BCUT2D eigenvalue weighted by Crippen LogP contribution is 2.27. The standard InChI is InChI=1S/C35H31N5O9S/c41-31(21-37-34(43)48-23-26-12-6-2-7-13-26)38-30-17-16-28(20-36-30)29-18-19-40(32(29)33(42)47-22-25-10-4-1-5-11-25)50(45,46)39-35(44)49-24-27-14-8-3-9-15-27/h1-20H,21-24H2,(H,37,43)(H,39,44)(H,36,38,41). The van der Waals surface area contributed by atoms with Crippen molar-refractivity contribution < 1.29 is 41.8 Å². The predicted molar refractivity (Wildman–Crippen MR) is 181 cm³/mol. The molecule has 14 nitrogen and oxygen atoms in total. The number of carbonyl (C=O) groups is 4. The second-order valence-corrected chi connectivity index (χ2v) is 12.0. The Morgan fingerprint density at radius 2 is 1.20 bits per heavy atom. The largest absolute Gasteiger partial charge is 0.456 e. The van der Waals surface area contributed by atoms with Gasteiger partial charge in [-0.1, -0.05) is 91.0 Å². The topological polar surface area (TPSA) is 184 Å². The van der Waals surface area contributed by atoms with E-state index < -0.39 is 46.5 Å². The lowest BCUT2D eigenvalue weighted by Crippen LogP contribution is -2.36. The van der Waals surface area contributed by atoms with E-state index in [9.17, 15) is 27.6 Å². The van der Waals surface area contributed by atoms with E-state index >= 15 is 0 Å². The van der Waals surface area contributed by atoms with Crippen molar-refractivity contribution in [2.24, 2.45) is 0 Å². The molecule has 3 amide bonds. The summed E-state index contributed by atoms with van der Waals surface area (Å²) in [6, 6.07) is 30.7. The third-order valence-corrected chi connectivity index (χ3v) is 8.14. The fourth-order valence-electron chi connectivity index (χ4n) is 4.49. The number of aromatic nitrogens is 2. The maximum Gasteiger partial charge on any atom is 0.422 e. The molecule has 0 fully saturated rings. The van der Waals surface area contributed by atoms with Crippen LogP contribution in [0.25, 0.3) is 11.1 Å². The van der Waals surface area contributed by atoms with Gasteiger partial charge in [0.1, 0.15) is 32.2 Å². The average molecular weight is 698 g/mol. The minimum Gasteiger partial charge on any atom is -0.456 e. The first-order valence-corrected chi connectivity index (χ1v) is 16.5. The van der Waals surface area contributed by atoms with Gasteiger partial charge in [0.25, 0.3) is 0 Å². The van der Waals surface area contributed by atoms with Gasteiger partial charge in [0, 0.05) is 23.5 Å². The lowest BCUT2D eigenvalue weighted by Gasteiger charge is -2.13. The van der Waals surface area contributed by atoms with E-state index in [2.05, 4.69) is 15.6 Å². The third-order valence-electron chi connectivity index (χ3n) is 6.89. The van der Waals surface area contributed by atoms with Gasteiger partial charge in [-0.2, -0.15) is 8.42 Å². The van der Waals surface area contributed by atoms with E-state index in [1.54, 1.807) is 72.8 Å². The molecule has 5 rings (SSSR count). The number of nitrogens with one attached hydrogen (secondary N) is 3. The summed E-state index contributed by atoms with van der Waals surface area (Å²) >= 11 is 0. The van der Waals surface area contributed by atoms with Crippen LogP contribution in [-0.2, 0) is 49.0 Å². The average Bonchev–Trinajstić information content (AvgIpc) is 3.59. The number of pyridine rings is 1. The fourth-order valence-corrected chi connectivity index (χ4v) is 5.49. The number of alkyl carbamates (subject to hydrolysis) is 1. The maximum atomic E-state index is 13.4. The number of hydrogen-bond acceptors (Lipinski definition) is 10. The van der Waals surface area contributed by atoms with Crippen LogP contribution in [-0.4, -0.2) is 48.0 Å². The smallest absolute Gasteiger partial charge is 0.422 e. The molecular weight excluding hydrogens is 666 g/mol.